The van der Waals surface area contributed by atoms with Gasteiger partial charge in [-0.25, -0.2) is 0 Å². The number of hydrogen-bond donors (Lipinski definition) is 5. The van der Waals surface area contributed by atoms with Crippen molar-refractivity contribution >= 4 is 64.3 Å². The molecule has 0 radical (unpaired) electrons. The molecule has 4 fully saturated rings. The van der Waals surface area contributed by atoms with E-state index in [0.717, 1.165) is 34.4 Å². The fraction of sp³-hybridized carbons (Fsp3) is 0.551. The van der Waals surface area contributed by atoms with Crippen LogP contribution in [0.2, 0.25) is 0 Å². The van der Waals surface area contributed by atoms with E-state index in [9.17, 15) is 39.0 Å². The Kier molecular flexibility index (Phi) is 14.5. The normalized spacial score (nSPS) is 31.6. The maximum Gasteiger partial charge on any atom is 0.232 e. The maximum absolute atomic E-state index is 13.9. The summed E-state index contributed by atoms with van der Waals surface area (Å²) in [5.41, 5.74) is 0.756. The summed E-state index contributed by atoms with van der Waals surface area (Å²) in [6.07, 6.45) is 7.34. The predicted molar refractivity (Wildman–Crippen MR) is 245 cm³/mol. The second-order valence-corrected chi connectivity index (χ2v) is 20.9. The molecule has 0 bridgehead atoms. The molecule has 3 saturated carbocycles. The summed E-state index contributed by atoms with van der Waals surface area (Å²) in [6.45, 7) is 8.64. The second kappa shape index (κ2) is 19.4. The molecule has 7 rings (SSSR count). The Balaban J connectivity index is 0.919. The van der Waals surface area contributed by atoms with Gasteiger partial charge in [0, 0.05) is 64.0 Å². The third-order valence-corrected chi connectivity index (χ3v) is 16.7. The number of ketones is 3. The van der Waals surface area contributed by atoms with Crippen molar-refractivity contribution in [3.8, 4) is 0 Å². The van der Waals surface area contributed by atoms with Gasteiger partial charge in [0.2, 0.25) is 17.7 Å². The van der Waals surface area contributed by atoms with Crippen molar-refractivity contribution in [2.45, 2.75) is 119 Å². The summed E-state index contributed by atoms with van der Waals surface area (Å²) >= 11 is 2.99. The predicted octanol–water partition coefficient (Wildman–Crippen LogP) is 5.88. The lowest BCUT2D eigenvalue weighted by molar-refractivity contribution is -0.201. The smallest absolute Gasteiger partial charge is 0.232 e. The molecule has 3 amide bonds. The number of amides is 3. The van der Waals surface area contributed by atoms with Gasteiger partial charge in [-0.05, 0) is 93.5 Å². The van der Waals surface area contributed by atoms with E-state index in [2.05, 4.69) is 22.9 Å². The second-order valence-electron chi connectivity index (χ2n) is 18.7. The Bertz CT molecular complexity index is 2210. The molecule has 344 valence electrons. The average molecular weight is 916 g/mol. The van der Waals surface area contributed by atoms with E-state index >= 15 is 0 Å². The number of aliphatic hydroxyl groups is 2. The number of thioether (sulfide) groups is 2. The van der Waals surface area contributed by atoms with E-state index < -0.39 is 59.3 Å². The summed E-state index contributed by atoms with van der Waals surface area (Å²) in [4.78, 5) is 77.4. The standard InChI is InChI=1S/C49H61N3O10S2/c1-27(20-38(55)28(2)51-42(58)17-19-50-45(60)29(3)63-6)44(59)52-33-8-7-9-35(22-33)64-26-30-10-12-31(13-11-30)46-61-41-23-37-36-15-14-32-21-34(54)16-18-47(32,4)43(36)39(56)24-48(37,5)49(41,62-46)40(57)25-53/h7-13,16,18,21-22,27-29,36-37,39,41,43,46,53,56H,14-15,17,19-20,23-26H2,1-6H3,(H,50,60)(H,51,58)(H,52,59)/t27-,28+,29?,36+,37+,39+,41-,43-,46-,47+,48+,49-/m1/s1. The number of benzene rings is 2. The van der Waals surface area contributed by atoms with Crippen LogP contribution in [0, 0.1) is 34.5 Å². The Morgan fingerprint density at radius 2 is 1.77 bits per heavy atom. The van der Waals surface area contributed by atoms with Crippen molar-refractivity contribution in [2.75, 3.05) is 24.7 Å². The molecule has 5 aliphatic rings. The summed E-state index contributed by atoms with van der Waals surface area (Å²) in [6, 6.07) is 14.5. The fourth-order valence-corrected chi connectivity index (χ4v) is 12.4. The molecule has 1 saturated heterocycles. The third-order valence-electron chi connectivity index (χ3n) is 14.7. The first kappa shape index (κ1) is 47.8. The van der Waals surface area contributed by atoms with Gasteiger partial charge in [-0.1, -0.05) is 62.8 Å². The van der Waals surface area contributed by atoms with Crippen molar-refractivity contribution in [1.29, 1.82) is 0 Å². The quantitative estimate of drug-likeness (QED) is 0.119. The van der Waals surface area contributed by atoms with Gasteiger partial charge in [0.05, 0.1) is 23.5 Å². The molecular formula is C49H61N3O10S2. The molecular weight excluding hydrogens is 855 g/mol. The molecule has 15 heteroatoms. The molecule has 1 aliphatic heterocycles. The van der Waals surface area contributed by atoms with Gasteiger partial charge in [-0.15, -0.1) is 11.8 Å². The number of hydrogen-bond acceptors (Lipinski definition) is 12. The van der Waals surface area contributed by atoms with Crippen LogP contribution >= 0.6 is 23.5 Å². The van der Waals surface area contributed by atoms with Crippen LogP contribution in [0.15, 0.2) is 77.2 Å². The van der Waals surface area contributed by atoms with Crippen molar-refractivity contribution < 1.29 is 48.5 Å². The number of fused-ring (bicyclic) bond motifs is 7. The van der Waals surface area contributed by atoms with Crippen LogP contribution in [0.5, 0.6) is 0 Å². The van der Waals surface area contributed by atoms with Gasteiger partial charge in [0.15, 0.2) is 29.2 Å². The monoisotopic (exact) mass is 915 g/mol. The lowest BCUT2D eigenvalue weighted by atomic mass is 9.46. The van der Waals surface area contributed by atoms with E-state index in [1.54, 1.807) is 50.8 Å². The molecule has 0 aromatic heterocycles. The fourth-order valence-electron chi connectivity index (χ4n) is 11.2. The number of aliphatic hydroxyl groups excluding tert-OH is 2. The Hall–Kier alpha value is -4.12. The molecule has 64 heavy (non-hydrogen) atoms. The van der Waals surface area contributed by atoms with Crippen LogP contribution in [0.3, 0.4) is 0 Å². The topological polar surface area (TPSA) is 197 Å². The minimum atomic E-state index is -1.43. The van der Waals surface area contributed by atoms with Crippen LogP contribution < -0.4 is 16.0 Å². The van der Waals surface area contributed by atoms with Crippen LogP contribution in [0.4, 0.5) is 5.69 Å². The van der Waals surface area contributed by atoms with Crippen LogP contribution in [0.1, 0.15) is 90.6 Å². The zero-order valence-electron chi connectivity index (χ0n) is 37.4. The molecule has 12 atom stereocenters. The number of rotatable bonds is 17. The SMILES string of the molecule is CSC(C)C(=O)NCCC(=O)N[C@@H](C)C(=O)C[C@@H](C)C(=O)Nc1cccc(SCc2ccc([C@@H]3O[C@@H]4C[C@H]5[C@@H]6CCC7=CC(=O)C=C[C@]7(C)[C@H]6[C@@H](O)C[C@]5(C)[C@]4(C(=O)CO)O3)cc2)c1. The maximum atomic E-state index is 13.9. The molecule has 5 N–H and O–H groups in total. The highest BCUT2D eigenvalue weighted by atomic mass is 32.2. The van der Waals surface area contributed by atoms with Crippen LogP contribution in [0.25, 0.3) is 0 Å². The Morgan fingerprint density at radius 3 is 2.48 bits per heavy atom. The molecule has 2 aromatic rings. The number of carbonyl (C=O) groups is 6. The number of ether oxygens (including phenoxy) is 2. The zero-order valence-corrected chi connectivity index (χ0v) is 39.0. The lowest BCUT2D eigenvalue weighted by Crippen LogP contribution is -2.63. The van der Waals surface area contributed by atoms with Crippen LogP contribution in [-0.4, -0.2) is 93.8 Å². The van der Waals surface area contributed by atoms with Gasteiger partial charge < -0.3 is 35.6 Å². The van der Waals surface area contributed by atoms with Gasteiger partial charge in [-0.2, -0.15) is 11.8 Å². The first-order valence-corrected chi connectivity index (χ1v) is 24.6. The van der Waals surface area contributed by atoms with E-state index in [0.29, 0.717) is 24.3 Å². The number of carbonyl (C=O) groups excluding carboxylic acids is 6. The van der Waals surface area contributed by atoms with Crippen molar-refractivity contribution in [1.82, 2.24) is 10.6 Å². The van der Waals surface area contributed by atoms with Gasteiger partial charge in [0.25, 0.3) is 0 Å². The van der Waals surface area contributed by atoms with Crippen molar-refractivity contribution in [3.63, 3.8) is 0 Å². The van der Waals surface area contributed by atoms with E-state index in [-0.39, 0.29) is 71.7 Å². The summed E-state index contributed by atoms with van der Waals surface area (Å²) < 4.78 is 13.4. The van der Waals surface area contributed by atoms with E-state index in [1.165, 1.54) is 11.8 Å². The summed E-state index contributed by atoms with van der Waals surface area (Å²) in [5, 5.41) is 30.3. The van der Waals surface area contributed by atoms with Crippen molar-refractivity contribution in [2.24, 2.45) is 34.5 Å². The van der Waals surface area contributed by atoms with Crippen molar-refractivity contribution in [3.05, 3.63) is 83.5 Å². The minimum Gasteiger partial charge on any atom is -0.393 e. The molecule has 1 heterocycles. The summed E-state index contributed by atoms with van der Waals surface area (Å²) in [7, 11) is 0. The van der Waals surface area contributed by atoms with E-state index in [4.69, 9.17) is 9.47 Å². The third kappa shape index (κ3) is 9.17. The Morgan fingerprint density at radius 1 is 1.02 bits per heavy atom. The minimum absolute atomic E-state index is 0.00728. The molecule has 4 aliphatic carbocycles. The highest BCUT2D eigenvalue weighted by molar-refractivity contribution is 7.99. The zero-order chi connectivity index (χ0) is 46.1. The van der Waals surface area contributed by atoms with Gasteiger partial charge >= 0.3 is 0 Å². The number of anilines is 1. The number of Topliss-reactive ketones (excluding diaryl/α,β-unsaturated/α-hetero) is 2. The highest BCUT2D eigenvalue weighted by Gasteiger charge is 2.76. The van der Waals surface area contributed by atoms with E-state index in [1.807, 2.05) is 61.7 Å². The largest absolute Gasteiger partial charge is 0.393 e. The van der Waals surface area contributed by atoms with Gasteiger partial charge in [-0.3, -0.25) is 28.8 Å². The first-order valence-electron chi connectivity index (χ1n) is 22.3. The van der Waals surface area contributed by atoms with Gasteiger partial charge in [0.1, 0.15) is 6.61 Å². The van der Waals surface area contributed by atoms with Crippen LogP contribution in [-0.2, 0) is 44.0 Å². The number of nitrogens with one attached hydrogen (secondary N) is 3. The molecule has 1 unspecified atom stereocenters. The summed E-state index contributed by atoms with van der Waals surface area (Å²) in [5.74, 6) is -1.60. The molecule has 0 spiro atoms. The average Bonchev–Trinajstić information content (AvgIpc) is 3.78. The molecule has 2 aromatic carbocycles. The number of allylic oxidation sites excluding steroid dienone is 4. The first-order chi connectivity index (χ1) is 30.4. The molecule has 13 nitrogen and oxygen atoms in total. The Labute approximate surface area is 383 Å². The lowest BCUT2D eigenvalue weighted by Gasteiger charge is -2.59. The highest BCUT2D eigenvalue weighted by Crippen LogP contribution is 2.70.